The van der Waals surface area contributed by atoms with E-state index in [2.05, 4.69) is 27.7 Å². The van der Waals surface area contributed by atoms with Crippen LogP contribution in [0, 0.1) is 5.92 Å². The van der Waals surface area contributed by atoms with Gasteiger partial charge >= 0.3 is 17.9 Å². The molecule has 6 nitrogen and oxygen atoms in total. The van der Waals surface area contributed by atoms with Gasteiger partial charge in [-0.1, -0.05) is 182 Å². The minimum absolute atomic E-state index is 0.0656. The summed E-state index contributed by atoms with van der Waals surface area (Å²) in [5, 5.41) is 0. The van der Waals surface area contributed by atoms with Gasteiger partial charge in [0.1, 0.15) is 13.2 Å². The molecule has 1 atom stereocenters. The van der Waals surface area contributed by atoms with E-state index in [1.807, 2.05) is 0 Å². The predicted octanol–water partition coefficient (Wildman–Crippen LogP) is 12.4. The molecule has 0 aromatic rings. The van der Waals surface area contributed by atoms with Crippen molar-refractivity contribution in [2.75, 3.05) is 13.2 Å². The van der Waals surface area contributed by atoms with Crippen LogP contribution in [0.2, 0.25) is 0 Å². The molecule has 47 heavy (non-hydrogen) atoms. The lowest BCUT2D eigenvalue weighted by Crippen LogP contribution is -2.30. The van der Waals surface area contributed by atoms with Crippen LogP contribution >= 0.6 is 0 Å². The van der Waals surface area contributed by atoms with Gasteiger partial charge in [-0.25, -0.2) is 0 Å². The number of unbranched alkanes of at least 4 members (excludes halogenated alkanes) is 23. The summed E-state index contributed by atoms with van der Waals surface area (Å²) >= 11 is 0. The highest BCUT2D eigenvalue weighted by molar-refractivity contribution is 5.71. The Morgan fingerprint density at radius 1 is 0.404 bits per heavy atom. The van der Waals surface area contributed by atoms with Crippen LogP contribution in [0.5, 0.6) is 0 Å². The van der Waals surface area contributed by atoms with E-state index in [0.29, 0.717) is 19.3 Å². The van der Waals surface area contributed by atoms with Gasteiger partial charge in [0, 0.05) is 19.3 Å². The molecule has 0 spiro atoms. The van der Waals surface area contributed by atoms with Crippen LogP contribution in [0.1, 0.15) is 220 Å². The summed E-state index contributed by atoms with van der Waals surface area (Å²) in [6.45, 7) is 8.88. The zero-order chi connectivity index (χ0) is 34.6. The van der Waals surface area contributed by atoms with E-state index in [4.69, 9.17) is 14.2 Å². The second kappa shape index (κ2) is 35.7. The van der Waals surface area contributed by atoms with E-state index in [1.165, 1.54) is 109 Å². The zero-order valence-corrected chi connectivity index (χ0v) is 31.7. The molecule has 0 radical (unpaired) electrons. The third-order valence-electron chi connectivity index (χ3n) is 9.04. The van der Waals surface area contributed by atoms with Gasteiger partial charge in [0.2, 0.25) is 0 Å². The molecule has 0 amide bonds. The number of ether oxygens (including phenoxy) is 3. The maximum atomic E-state index is 12.5. The normalized spacial score (nSPS) is 11.9. The highest BCUT2D eigenvalue weighted by Crippen LogP contribution is 2.15. The lowest BCUT2D eigenvalue weighted by atomic mass is 10.0. The second-order valence-corrected chi connectivity index (χ2v) is 14.4. The summed E-state index contributed by atoms with van der Waals surface area (Å²) in [7, 11) is 0. The van der Waals surface area contributed by atoms with Gasteiger partial charge in [-0.05, 0) is 25.2 Å². The molecule has 0 aliphatic rings. The summed E-state index contributed by atoms with van der Waals surface area (Å²) in [6, 6.07) is 0. The average Bonchev–Trinajstić information content (AvgIpc) is 3.05. The van der Waals surface area contributed by atoms with E-state index >= 15 is 0 Å². The Morgan fingerprint density at radius 2 is 0.702 bits per heavy atom. The van der Waals surface area contributed by atoms with Crippen molar-refractivity contribution in [3.8, 4) is 0 Å². The maximum absolute atomic E-state index is 12.5. The van der Waals surface area contributed by atoms with Gasteiger partial charge in [0.25, 0.3) is 0 Å². The summed E-state index contributed by atoms with van der Waals surface area (Å²) in [6.07, 6.45) is 32.6. The Hall–Kier alpha value is -1.59. The van der Waals surface area contributed by atoms with Crippen LogP contribution in [0.3, 0.4) is 0 Å². The highest BCUT2D eigenvalue weighted by Gasteiger charge is 2.19. The van der Waals surface area contributed by atoms with Gasteiger partial charge in [0.05, 0.1) is 0 Å². The van der Waals surface area contributed by atoms with E-state index in [9.17, 15) is 14.4 Å². The molecule has 0 bridgehead atoms. The van der Waals surface area contributed by atoms with Crippen LogP contribution in [0.15, 0.2) is 0 Å². The van der Waals surface area contributed by atoms with Gasteiger partial charge in [-0.3, -0.25) is 14.4 Å². The van der Waals surface area contributed by atoms with Crippen LogP contribution in [-0.2, 0) is 28.6 Å². The molecule has 0 fully saturated rings. The Bertz CT molecular complexity index is 706. The summed E-state index contributed by atoms with van der Waals surface area (Å²) in [4.78, 5) is 37.2. The lowest BCUT2D eigenvalue weighted by Gasteiger charge is -2.18. The fraction of sp³-hybridized carbons (Fsp3) is 0.927. The summed E-state index contributed by atoms with van der Waals surface area (Å²) in [5.74, 6) is -0.0437. The van der Waals surface area contributed by atoms with Gasteiger partial charge in [-0.2, -0.15) is 0 Å². The highest BCUT2D eigenvalue weighted by atomic mass is 16.6. The van der Waals surface area contributed by atoms with Crippen molar-refractivity contribution in [2.24, 2.45) is 5.92 Å². The minimum atomic E-state index is -0.755. The van der Waals surface area contributed by atoms with Crippen molar-refractivity contribution in [1.29, 1.82) is 0 Å². The van der Waals surface area contributed by atoms with Crippen LogP contribution in [0.25, 0.3) is 0 Å². The molecule has 0 aliphatic carbocycles. The molecule has 0 aromatic carbocycles. The zero-order valence-electron chi connectivity index (χ0n) is 31.7. The molecular formula is C41H78O6. The Labute approximate surface area is 291 Å². The first-order valence-electron chi connectivity index (χ1n) is 20.4. The topological polar surface area (TPSA) is 78.9 Å². The monoisotopic (exact) mass is 667 g/mol. The molecule has 278 valence electrons. The fourth-order valence-corrected chi connectivity index (χ4v) is 5.92. The van der Waals surface area contributed by atoms with Crippen molar-refractivity contribution >= 4 is 17.9 Å². The molecule has 6 heteroatoms. The van der Waals surface area contributed by atoms with E-state index in [0.717, 1.165) is 70.1 Å². The van der Waals surface area contributed by atoms with Crippen molar-refractivity contribution in [3.63, 3.8) is 0 Å². The van der Waals surface area contributed by atoms with Gasteiger partial charge in [-0.15, -0.1) is 0 Å². The lowest BCUT2D eigenvalue weighted by molar-refractivity contribution is -0.167. The largest absolute Gasteiger partial charge is 0.462 e. The SMILES string of the molecule is CCCCCCCCCCCC(=O)O[C@@H](COC(=O)CCCCCCC)COC(=O)CCCCCCCCCCCCCCC(C)C. The van der Waals surface area contributed by atoms with Gasteiger partial charge in [0.15, 0.2) is 6.10 Å². The third-order valence-corrected chi connectivity index (χ3v) is 9.04. The average molecular weight is 667 g/mol. The smallest absolute Gasteiger partial charge is 0.306 e. The first-order valence-corrected chi connectivity index (χ1v) is 20.4. The standard InChI is InChI=1S/C41H78O6/c1-5-7-9-11-12-17-22-26-30-34-41(44)47-38(35-45-39(42)32-28-23-10-8-6-2)36-46-40(43)33-29-25-21-19-16-14-13-15-18-20-24-27-31-37(3)4/h37-38H,5-36H2,1-4H3/t38-/m0/s1. The van der Waals surface area contributed by atoms with E-state index in [1.54, 1.807) is 0 Å². The predicted molar refractivity (Wildman–Crippen MR) is 196 cm³/mol. The fourth-order valence-electron chi connectivity index (χ4n) is 5.92. The van der Waals surface area contributed by atoms with Crippen LogP contribution < -0.4 is 0 Å². The molecule has 0 aromatic heterocycles. The molecule has 0 heterocycles. The number of rotatable bonds is 36. The van der Waals surface area contributed by atoms with Crippen molar-refractivity contribution < 1.29 is 28.6 Å². The molecule has 0 saturated carbocycles. The quantitative estimate of drug-likeness (QED) is 0.0376. The Morgan fingerprint density at radius 3 is 1.04 bits per heavy atom. The second-order valence-electron chi connectivity index (χ2n) is 14.4. The first kappa shape index (κ1) is 45.4. The molecule has 0 aliphatic heterocycles. The van der Waals surface area contributed by atoms with Crippen LogP contribution in [-0.4, -0.2) is 37.2 Å². The Kier molecular flexibility index (Phi) is 34.5. The molecule has 0 rings (SSSR count). The summed E-state index contributed by atoms with van der Waals surface area (Å²) in [5.41, 5.74) is 0. The number of esters is 3. The maximum Gasteiger partial charge on any atom is 0.306 e. The summed E-state index contributed by atoms with van der Waals surface area (Å²) < 4.78 is 16.5. The van der Waals surface area contributed by atoms with Crippen LogP contribution in [0.4, 0.5) is 0 Å². The minimum Gasteiger partial charge on any atom is -0.462 e. The number of hydrogen-bond acceptors (Lipinski definition) is 6. The molecular weight excluding hydrogens is 588 g/mol. The van der Waals surface area contributed by atoms with Crippen molar-refractivity contribution in [1.82, 2.24) is 0 Å². The van der Waals surface area contributed by atoms with Crippen molar-refractivity contribution in [2.45, 2.75) is 226 Å². The first-order chi connectivity index (χ1) is 22.9. The van der Waals surface area contributed by atoms with Gasteiger partial charge < -0.3 is 14.2 Å². The molecule has 0 N–H and O–H groups in total. The number of hydrogen-bond donors (Lipinski definition) is 0. The van der Waals surface area contributed by atoms with E-state index < -0.39 is 6.10 Å². The molecule has 0 saturated heterocycles. The number of carbonyl (C=O) groups is 3. The third kappa shape index (κ3) is 35.5. The Balaban J connectivity index is 4.19. The van der Waals surface area contributed by atoms with E-state index in [-0.39, 0.29) is 31.1 Å². The number of carbonyl (C=O) groups excluding carboxylic acids is 3. The molecule has 0 unspecified atom stereocenters. The van der Waals surface area contributed by atoms with Crippen molar-refractivity contribution in [3.05, 3.63) is 0 Å².